The van der Waals surface area contributed by atoms with E-state index in [9.17, 15) is 0 Å². The van der Waals surface area contributed by atoms with Crippen LogP contribution in [-0.4, -0.2) is 7.05 Å². The summed E-state index contributed by atoms with van der Waals surface area (Å²) >= 11 is 0. The van der Waals surface area contributed by atoms with E-state index in [4.69, 9.17) is 0 Å². The summed E-state index contributed by atoms with van der Waals surface area (Å²) in [4.78, 5) is 0. The van der Waals surface area contributed by atoms with E-state index in [-0.39, 0.29) is 0 Å². The van der Waals surface area contributed by atoms with Crippen molar-refractivity contribution in [3.8, 4) is 0 Å². The van der Waals surface area contributed by atoms with E-state index in [1.54, 1.807) is 0 Å². The largest absolute Gasteiger partial charge is 0.388 e. The summed E-state index contributed by atoms with van der Waals surface area (Å²) in [7, 11) is 1.93. The maximum Gasteiger partial charge on any atom is 0.170 e. The number of rotatable bonds is 4. The third-order valence-corrected chi connectivity index (χ3v) is 2.68. The molecule has 0 saturated carbocycles. The van der Waals surface area contributed by atoms with Crippen molar-refractivity contribution < 1.29 is 4.57 Å². The van der Waals surface area contributed by atoms with Gasteiger partial charge in [-0.3, -0.25) is 0 Å². The average molecular weight is 213 g/mol. The highest BCUT2D eigenvalue weighted by atomic mass is 14.9. The Morgan fingerprint density at radius 3 is 2.31 bits per heavy atom. The zero-order chi connectivity index (χ0) is 11.2. The fourth-order valence-corrected chi connectivity index (χ4v) is 1.68. The second kappa shape index (κ2) is 5.31. The summed E-state index contributed by atoms with van der Waals surface area (Å²) < 4.78 is 2.20. The maximum atomic E-state index is 3.11. The predicted molar refractivity (Wildman–Crippen MR) is 66.3 cm³/mol. The third kappa shape index (κ3) is 2.83. The average Bonchev–Trinajstić information content (AvgIpc) is 2.38. The highest BCUT2D eigenvalue weighted by Crippen LogP contribution is 2.01. The van der Waals surface area contributed by atoms with E-state index in [1.165, 1.54) is 5.56 Å². The summed E-state index contributed by atoms with van der Waals surface area (Å²) in [5.74, 6) is 0. The number of anilines is 1. The minimum absolute atomic E-state index is 1.02. The molecule has 0 atom stereocenters. The molecule has 1 aromatic carbocycles. The van der Waals surface area contributed by atoms with Crippen LogP contribution in [0.15, 0.2) is 54.9 Å². The van der Waals surface area contributed by atoms with Crippen LogP contribution in [0.2, 0.25) is 0 Å². The molecule has 2 rings (SSSR count). The molecule has 0 aliphatic heterocycles. The van der Waals surface area contributed by atoms with Crippen LogP contribution in [0.3, 0.4) is 0 Å². The highest BCUT2D eigenvalue weighted by molar-refractivity contribution is 5.38. The Labute approximate surface area is 96.6 Å². The monoisotopic (exact) mass is 213 g/mol. The number of hydrogen-bond donors (Lipinski definition) is 1. The smallest absolute Gasteiger partial charge is 0.170 e. The van der Waals surface area contributed by atoms with Crippen molar-refractivity contribution >= 4 is 5.69 Å². The van der Waals surface area contributed by atoms with Crippen molar-refractivity contribution in [3.05, 3.63) is 60.4 Å². The highest BCUT2D eigenvalue weighted by Gasteiger charge is 2.00. The molecule has 0 unspecified atom stereocenters. The van der Waals surface area contributed by atoms with Crippen molar-refractivity contribution in [3.63, 3.8) is 0 Å². The molecular weight excluding hydrogens is 196 g/mol. The van der Waals surface area contributed by atoms with Crippen molar-refractivity contribution in [2.75, 3.05) is 12.4 Å². The fraction of sp³-hybridized carbons (Fsp3) is 0.214. The first-order valence-electron chi connectivity index (χ1n) is 5.59. The Balaban J connectivity index is 1.94. The van der Waals surface area contributed by atoms with Crippen molar-refractivity contribution in [2.45, 2.75) is 13.0 Å². The van der Waals surface area contributed by atoms with E-state index in [0.29, 0.717) is 0 Å². The molecule has 2 aromatic rings. The SMILES string of the molecule is CNc1cc[n+](CCc2ccccc2)cc1. The lowest BCUT2D eigenvalue weighted by Crippen LogP contribution is -2.33. The van der Waals surface area contributed by atoms with Gasteiger partial charge in [0.25, 0.3) is 0 Å². The van der Waals surface area contributed by atoms with Crippen molar-refractivity contribution in [2.24, 2.45) is 0 Å². The van der Waals surface area contributed by atoms with Gasteiger partial charge >= 0.3 is 0 Å². The Bertz CT molecular complexity index is 420. The van der Waals surface area contributed by atoms with E-state index in [2.05, 4.69) is 64.7 Å². The van der Waals surface area contributed by atoms with Crippen molar-refractivity contribution in [1.29, 1.82) is 0 Å². The number of hydrogen-bond acceptors (Lipinski definition) is 1. The molecule has 0 amide bonds. The second-order valence-corrected chi connectivity index (χ2v) is 3.81. The van der Waals surface area contributed by atoms with Gasteiger partial charge in [-0.15, -0.1) is 0 Å². The summed E-state index contributed by atoms with van der Waals surface area (Å²) in [5, 5.41) is 3.11. The zero-order valence-corrected chi connectivity index (χ0v) is 9.56. The lowest BCUT2D eigenvalue weighted by atomic mass is 10.1. The zero-order valence-electron chi connectivity index (χ0n) is 9.56. The summed E-state index contributed by atoms with van der Waals surface area (Å²) in [6.45, 7) is 1.02. The topological polar surface area (TPSA) is 15.9 Å². The molecule has 1 heterocycles. The van der Waals surface area contributed by atoms with Gasteiger partial charge in [0.1, 0.15) is 0 Å². The second-order valence-electron chi connectivity index (χ2n) is 3.81. The number of benzene rings is 1. The number of pyridine rings is 1. The first-order chi connectivity index (χ1) is 7.88. The van der Waals surface area contributed by atoms with Crippen molar-refractivity contribution in [1.82, 2.24) is 0 Å². The number of nitrogens with zero attached hydrogens (tertiary/aromatic N) is 1. The number of nitrogens with one attached hydrogen (secondary N) is 1. The van der Waals surface area contributed by atoms with Crippen LogP contribution >= 0.6 is 0 Å². The normalized spacial score (nSPS) is 10.1. The van der Waals surface area contributed by atoms with Crippen LogP contribution < -0.4 is 9.88 Å². The van der Waals surface area contributed by atoms with Gasteiger partial charge in [0.2, 0.25) is 0 Å². The molecule has 2 heteroatoms. The van der Waals surface area contributed by atoms with Crippen LogP contribution in [0, 0.1) is 0 Å². The van der Waals surface area contributed by atoms with Gasteiger partial charge in [-0.25, -0.2) is 4.57 Å². The molecule has 0 fully saturated rings. The third-order valence-electron chi connectivity index (χ3n) is 2.68. The van der Waals surface area contributed by atoms with Crippen LogP contribution in [0.1, 0.15) is 5.56 Å². The lowest BCUT2D eigenvalue weighted by Gasteiger charge is -2.00. The van der Waals surface area contributed by atoms with Gasteiger partial charge in [0, 0.05) is 31.3 Å². The molecule has 0 bridgehead atoms. The van der Waals surface area contributed by atoms with E-state index in [0.717, 1.165) is 18.7 Å². The molecule has 1 aromatic heterocycles. The maximum absolute atomic E-state index is 3.11. The quantitative estimate of drug-likeness (QED) is 0.770. The van der Waals surface area contributed by atoms with Gasteiger partial charge in [-0.1, -0.05) is 30.3 Å². The Hall–Kier alpha value is -1.83. The van der Waals surface area contributed by atoms with Gasteiger partial charge in [0.15, 0.2) is 18.9 Å². The van der Waals surface area contributed by atoms with Gasteiger partial charge in [0.05, 0.1) is 0 Å². The molecule has 0 radical (unpaired) electrons. The standard InChI is InChI=1S/C14H16N2/c1-15-14-8-11-16(12-9-14)10-7-13-5-3-2-4-6-13/h2-6,8-9,11-12H,7,10H2,1H3/p+1. The molecule has 16 heavy (non-hydrogen) atoms. The van der Waals surface area contributed by atoms with E-state index >= 15 is 0 Å². The lowest BCUT2D eigenvalue weighted by molar-refractivity contribution is -0.696. The number of aromatic nitrogens is 1. The molecule has 0 saturated heterocycles. The summed E-state index contributed by atoms with van der Waals surface area (Å²) in [5.41, 5.74) is 2.53. The first-order valence-corrected chi connectivity index (χ1v) is 5.59. The molecule has 1 N–H and O–H groups in total. The Morgan fingerprint density at radius 2 is 1.69 bits per heavy atom. The molecule has 0 aliphatic rings. The van der Waals surface area contributed by atoms with Crippen LogP contribution in [0.5, 0.6) is 0 Å². The Morgan fingerprint density at radius 1 is 1.00 bits per heavy atom. The fourth-order valence-electron chi connectivity index (χ4n) is 1.68. The molecule has 2 nitrogen and oxygen atoms in total. The molecule has 82 valence electrons. The van der Waals surface area contributed by atoms with Gasteiger partial charge in [-0.05, 0) is 5.56 Å². The number of aryl methyl sites for hydroxylation is 2. The van der Waals surface area contributed by atoms with Crippen LogP contribution in [0.25, 0.3) is 0 Å². The van der Waals surface area contributed by atoms with Crippen LogP contribution in [0.4, 0.5) is 5.69 Å². The summed E-state index contributed by atoms with van der Waals surface area (Å²) in [6.07, 6.45) is 5.29. The predicted octanol–water partition coefficient (Wildman–Crippen LogP) is 2.26. The first kappa shape index (κ1) is 10.7. The van der Waals surface area contributed by atoms with Gasteiger partial charge < -0.3 is 5.32 Å². The van der Waals surface area contributed by atoms with Crippen LogP contribution in [-0.2, 0) is 13.0 Å². The van der Waals surface area contributed by atoms with E-state index in [1.807, 2.05) is 7.05 Å². The summed E-state index contributed by atoms with van der Waals surface area (Å²) in [6, 6.07) is 14.7. The Kier molecular flexibility index (Phi) is 3.54. The minimum atomic E-state index is 1.02. The molecule has 0 aliphatic carbocycles. The molecule has 0 spiro atoms. The minimum Gasteiger partial charge on any atom is -0.388 e. The van der Waals surface area contributed by atoms with E-state index < -0.39 is 0 Å². The molecular formula is C14H17N2+. The van der Waals surface area contributed by atoms with Gasteiger partial charge in [-0.2, -0.15) is 0 Å².